The number of methoxy groups -OCH3 is 1. The van der Waals surface area contributed by atoms with Crippen molar-refractivity contribution in [3.63, 3.8) is 0 Å². The molecular weight excluding hydrogens is 240 g/mol. The third-order valence-electron chi connectivity index (χ3n) is 3.85. The SMILES string of the molecule is COc1cccc(C(=O)COC2CCCCC2C)c1. The highest BCUT2D eigenvalue weighted by Gasteiger charge is 2.22. The molecule has 1 aliphatic carbocycles. The zero-order valence-electron chi connectivity index (χ0n) is 11.7. The molecule has 19 heavy (non-hydrogen) atoms. The van der Waals surface area contributed by atoms with Crippen molar-refractivity contribution < 1.29 is 14.3 Å². The first kappa shape index (κ1) is 14.1. The summed E-state index contributed by atoms with van der Waals surface area (Å²) >= 11 is 0. The molecule has 1 aromatic rings. The van der Waals surface area contributed by atoms with Gasteiger partial charge >= 0.3 is 0 Å². The molecule has 0 radical (unpaired) electrons. The Morgan fingerprint density at radius 1 is 1.32 bits per heavy atom. The van der Waals surface area contributed by atoms with Crippen LogP contribution >= 0.6 is 0 Å². The van der Waals surface area contributed by atoms with Crippen LogP contribution in [0.3, 0.4) is 0 Å². The van der Waals surface area contributed by atoms with Crippen LogP contribution in [0.5, 0.6) is 5.75 Å². The predicted molar refractivity (Wildman–Crippen MR) is 74.7 cm³/mol. The van der Waals surface area contributed by atoms with Gasteiger partial charge in [-0.1, -0.05) is 31.9 Å². The monoisotopic (exact) mass is 262 g/mol. The van der Waals surface area contributed by atoms with E-state index in [1.807, 2.05) is 12.1 Å². The van der Waals surface area contributed by atoms with Gasteiger partial charge in [0.1, 0.15) is 12.4 Å². The molecule has 2 unspecified atom stereocenters. The molecule has 1 saturated carbocycles. The Labute approximate surface area is 114 Å². The number of hydrogen-bond acceptors (Lipinski definition) is 3. The van der Waals surface area contributed by atoms with Crippen molar-refractivity contribution in [2.45, 2.75) is 38.7 Å². The smallest absolute Gasteiger partial charge is 0.188 e. The Bertz CT molecular complexity index is 428. The van der Waals surface area contributed by atoms with E-state index in [9.17, 15) is 4.79 Å². The Balaban J connectivity index is 1.89. The molecule has 0 heterocycles. The van der Waals surface area contributed by atoms with E-state index in [1.165, 1.54) is 19.3 Å². The number of rotatable bonds is 5. The van der Waals surface area contributed by atoms with Gasteiger partial charge < -0.3 is 9.47 Å². The summed E-state index contributed by atoms with van der Waals surface area (Å²) in [5, 5.41) is 0. The standard InChI is InChI=1S/C16H22O3/c1-12-6-3-4-9-16(12)19-11-15(17)13-7-5-8-14(10-13)18-2/h5,7-8,10,12,16H,3-4,6,9,11H2,1-2H3. The van der Waals surface area contributed by atoms with Gasteiger partial charge in [0.25, 0.3) is 0 Å². The predicted octanol–water partition coefficient (Wildman–Crippen LogP) is 3.47. The molecule has 0 spiro atoms. The van der Waals surface area contributed by atoms with Gasteiger partial charge in [0, 0.05) is 5.56 Å². The van der Waals surface area contributed by atoms with Crippen LogP contribution in [0, 0.1) is 5.92 Å². The third kappa shape index (κ3) is 3.80. The normalized spacial score (nSPS) is 23.1. The van der Waals surface area contributed by atoms with Crippen LogP contribution in [0.1, 0.15) is 43.0 Å². The van der Waals surface area contributed by atoms with E-state index in [0.29, 0.717) is 17.2 Å². The fourth-order valence-electron chi connectivity index (χ4n) is 2.59. The number of benzene rings is 1. The molecule has 0 amide bonds. The quantitative estimate of drug-likeness (QED) is 0.762. The van der Waals surface area contributed by atoms with Crippen LogP contribution in [0.4, 0.5) is 0 Å². The van der Waals surface area contributed by atoms with Crippen LogP contribution in [0.25, 0.3) is 0 Å². The lowest BCUT2D eigenvalue weighted by Crippen LogP contribution is -2.27. The third-order valence-corrected chi connectivity index (χ3v) is 3.85. The van der Waals surface area contributed by atoms with E-state index in [-0.39, 0.29) is 18.5 Å². The molecule has 1 fully saturated rings. The zero-order valence-corrected chi connectivity index (χ0v) is 11.7. The van der Waals surface area contributed by atoms with Crippen LogP contribution in [0.2, 0.25) is 0 Å². The summed E-state index contributed by atoms with van der Waals surface area (Å²) in [7, 11) is 1.60. The topological polar surface area (TPSA) is 35.5 Å². The Morgan fingerprint density at radius 2 is 2.11 bits per heavy atom. The highest BCUT2D eigenvalue weighted by Crippen LogP contribution is 2.26. The van der Waals surface area contributed by atoms with Crippen molar-refractivity contribution in [1.82, 2.24) is 0 Å². The second kappa shape index (κ2) is 6.71. The summed E-state index contributed by atoms with van der Waals surface area (Å²) in [6.45, 7) is 2.38. The van der Waals surface area contributed by atoms with Crippen LogP contribution < -0.4 is 4.74 Å². The summed E-state index contributed by atoms with van der Waals surface area (Å²) in [6.07, 6.45) is 5.01. The summed E-state index contributed by atoms with van der Waals surface area (Å²) in [5.41, 5.74) is 0.655. The summed E-state index contributed by atoms with van der Waals surface area (Å²) in [6, 6.07) is 7.23. The fraction of sp³-hybridized carbons (Fsp3) is 0.562. The molecule has 0 N–H and O–H groups in total. The second-order valence-corrected chi connectivity index (χ2v) is 5.27. The van der Waals surface area contributed by atoms with Crippen molar-refractivity contribution in [2.75, 3.05) is 13.7 Å². The molecule has 3 nitrogen and oxygen atoms in total. The minimum absolute atomic E-state index is 0.0247. The molecule has 0 bridgehead atoms. The summed E-state index contributed by atoms with van der Waals surface area (Å²) in [4.78, 5) is 12.1. The van der Waals surface area contributed by atoms with Crippen LogP contribution in [0.15, 0.2) is 24.3 Å². The maximum atomic E-state index is 12.1. The van der Waals surface area contributed by atoms with E-state index in [4.69, 9.17) is 9.47 Å². The van der Waals surface area contributed by atoms with E-state index < -0.39 is 0 Å². The van der Waals surface area contributed by atoms with Gasteiger partial charge in [0.05, 0.1) is 13.2 Å². The van der Waals surface area contributed by atoms with Crippen molar-refractivity contribution in [1.29, 1.82) is 0 Å². The Kier molecular flexibility index (Phi) is 4.97. The maximum absolute atomic E-state index is 12.1. The van der Waals surface area contributed by atoms with Gasteiger partial charge in [-0.2, -0.15) is 0 Å². The molecule has 0 aliphatic heterocycles. The van der Waals surface area contributed by atoms with Gasteiger partial charge in [0.15, 0.2) is 5.78 Å². The molecule has 0 saturated heterocycles. The van der Waals surface area contributed by atoms with Crippen LogP contribution in [-0.2, 0) is 4.74 Å². The van der Waals surface area contributed by atoms with E-state index in [0.717, 1.165) is 6.42 Å². The lowest BCUT2D eigenvalue weighted by atomic mass is 9.88. The highest BCUT2D eigenvalue weighted by molar-refractivity contribution is 5.97. The van der Waals surface area contributed by atoms with Crippen molar-refractivity contribution in [3.8, 4) is 5.75 Å². The zero-order chi connectivity index (χ0) is 13.7. The maximum Gasteiger partial charge on any atom is 0.188 e. The number of ether oxygens (including phenoxy) is 2. The molecule has 0 aromatic heterocycles. The summed E-state index contributed by atoms with van der Waals surface area (Å²) in [5.74, 6) is 1.29. The minimum atomic E-state index is 0.0247. The second-order valence-electron chi connectivity index (χ2n) is 5.27. The first-order valence-electron chi connectivity index (χ1n) is 6.99. The van der Waals surface area contributed by atoms with Gasteiger partial charge in [-0.25, -0.2) is 0 Å². The molecule has 2 atom stereocenters. The largest absolute Gasteiger partial charge is 0.497 e. The molecular formula is C16H22O3. The van der Waals surface area contributed by atoms with Crippen molar-refractivity contribution >= 4 is 5.78 Å². The number of carbonyl (C=O) groups excluding carboxylic acids is 1. The van der Waals surface area contributed by atoms with Gasteiger partial charge in [-0.3, -0.25) is 4.79 Å². The molecule has 2 rings (SSSR count). The average Bonchev–Trinajstić information content (AvgIpc) is 2.46. The number of ketones is 1. The lowest BCUT2D eigenvalue weighted by Gasteiger charge is -2.28. The van der Waals surface area contributed by atoms with E-state index >= 15 is 0 Å². The molecule has 104 valence electrons. The van der Waals surface area contributed by atoms with Crippen molar-refractivity contribution in [2.24, 2.45) is 5.92 Å². The molecule has 3 heteroatoms. The highest BCUT2D eigenvalue weighted by atomic mass is 16.5. The first-order chi connectivity index (χ1) is 9.20. The average molecular weight is 262 g/mol. The number of carbonyl (C=O) groups is 1. The van der Waals surface area contributed by atoms with E-state index in [1.54, 1.807) is 19.2 Å². The first-order valence-corrected chi connectivity index (χ1v) is 6.99. The van der Waals surface area contributed by atoms with Crippen LogP contribution in [-0.4, -0.2) is 25.6 Å². The minimum Gasteiger partial charge on any atom is -0.497 e. The Morgan fingerprint density at radius 3 is 2.84 bits per heavy atom. The molecule has 1 aromatic carbocycles. The Hall–Kier alpha value is -1.35. The summed E-state index contributed by atoms with van der Waals surface area (Å²) < 4.78 is 10.9. The lowest BCUT2D eigenvalue weighted by molar-refractivity contribution is 0.000743. The number of Topliss-reactive ketones (excluding diaryl/α,β-unsaturated/α-hetero) is 1. The number of hydrogen-bond donors (Lipinski definition) is 0. The van der Waals surface area contributed by atoms with Crippen molar-refractivity contribution in [3.05, 3.63) is 29.8 Å². The van der Waals surface area contributed by atoms with E-state index in [2.05, 4.69) is 6.92 Å². The van der Waals surface area contributed by atoms with Gasteiger partial charge in [0.2, 0.25) is 0 Å². The van der Waals surface area contributed by atoms with Gasteiger partial charge in [-0.15, -0.1) is 0 Å². The molecule has 1 aliphatic rings. The van der Waals surface area contributed by atoms with Gasteiger partial charge in [-0.05, 0) is 30.9 Å². The fourth-order valence-corrected chi connectivity index (χ4v) is 2.59.